The number of nitrogens with one attached hydrogen (secondary N) is 1. The summed E-state index contributed by atoms with van der Waals surface area (Å²) < 4.78 is 38.4. The van der Waals surface area contributed by atoms with Crippen molar-refractivity contribution in [2.45, 2.75) is 39.4 Å². The van der Waals surface area contributed by atoms with Gasteiger partial charge in [0.15, 0.2) is 0 Å². The molecule has 0 bridgehead atoms. The molecule has 0 aliphatic carbocycles. The number of nitrogens with zero attached hydrogens (tertiary/aromatic N) is 1. The van der Waals surface area contributed by atoms with Gasteiger partial charge in [0, 0.05) is 25.9 Å². The van der Waals surface area contributed by atoms with E-state index in [-0.39, 0.29) is 35.6 Å². The highest BCUT2D eigenvalue weighted by Gasteiger charge is 2.32. The first kappa shape index (κ1) is 19.3. The average molecular weight is 351 g/mol. The Balaban J connectivity index is 3.02. The number of anilines is 1. The number of hydrogen-bond acceptors (Lipinski definition) is 2. The summed E-state index contributed by atoms with van der Waals surface area (Å²) in [4.78, 5) is 24.5. The molecule has 0 unspecified atom stereocenters. The lowest BCUT2D eigenvalue weighted by molar-refractivity contribution is -0.137. The van der Waals surface area contributed by atoms with Crippen LogP contribution < -0.4 is 10.2 Å². The zero-order valence-corrected chi connectivity index (χ0v) is 13.8. The minimum absolute atomic E-state index is 0.0115. The normalized spacial score (nSPS) is 11.5. The molecule has 128 valence electrons. The van der Waals surface area contributed by atoms with Crippen molar-refractivity contribution in [1.82, 2.24) is 5.32 Å². The van der Waals surface area contributed by atoms with Crippen LogP contribution in [0.5, 0.6) is 0 Å². The Morgan fingerprint density at radius 2 is 1.91 bits per heavy atom. The minimum atomic E-state index is -4.54. The Bertz CT molecular complexity index is 589. The maximum Gasteiger partial charge on any atom is 0.416 e. The Labute approximate surface area is 137 Å². The highest BCUT2D eigenvalue weighted by atomic mass is 35.5. The monoisotopic (exact) mass is 350 g/mol. The Kier molecular flexibility index (Phi) is 6.44. The number of amides is 2. The molecule has 0 aliphatic heterocycles. The van der Waals surface area contributed by atoms with E-state index in [9.17, 15) is 22.8 Å². The third kappa shape index (κ3) is 5.74. The van der Waals surface area contributed by atoms with Gasteiger partial charge in [-0.2, -0.15) is 13.2 Å². The summed E-state index contributed by atoms with van der Waals surface area (Å²) in [7, 11) is 0. The number of alkyl halides is 3. The van der Waals surface area contributed by atoms with Crippen molar-refractivity contribution in [1.29, 1.82) is 0 Å². The largest absolute Gasteiger partial charge is 0.416 e. The highest BCUT2D eigenvalue weighted by molar-refractivity contribution is 6.33. The summed E-state index contributed by atoms with van der Waals surface area (Å²) in [5.74, 6) is -0.794. The van der Waals surface area contributed by atoms with Crippen LogP contribution in [0.1, 0.15) is 32.8 Å². The molecule has 0 saturated carbocycles. The molecular formula is C15H18ClF3N2O2. The van der Waals surface area contributed by atoms with Gasteiger partial charge in [-0.05, 0) is 32.0 Å². The second kappa shape index (κ2) is 7.68. The molecule has 0 fully saturated rings. The zero-order chi connectivity index (χ0) is 17.8. The van der Waals surface area contributed by atoms with Crippen LogP contribution in [-0.4, -0.2) is 24.4 Å². The fourth-order valence-electron chi connectivity index (χ4n) is 1.95. The van der Waals surface area contributed by atoms with Gasteiger partial charge in [-0.1, -0.05) is 11.6 Å². The predicted octanol–water partition coefficient (Wildman–Crippen LogP) is 3.63. The molecule has 2 amide bonds. The average Bonchev–Trinajstić information content (AvgIpc) is 2.38. The number of benzene rings is 1. The lowest BCUT2D eigenvalue weighted by Crippen LogP contribution is -2.36. The predicted molar refractivity (Wildman–Crippen MR) is 82.4 cm³/mol. The van der Waals surface area contributed by atoms with Gasteiger partial charge in [0.2, 0.25) is 11.8 Å². The van der Waals surface area contributed by atoms with Gasteiger partial charge in [-0.3, -0.25) is 9.59 Å². The van der Waals surface area contributed by atoms with Crippen molar-refractivity contribution in [3.05, 3.63) is 28.8 Å². The van der Waals surface area contributed by atoms with Crippen LogP contribution in [0.4, 0.5) is 18.9 Å². The molecule has 1 N–H and O–H groups in total. The van der Waals surface area contributed by atoms with E-state index < -0.39 is 17.6 Å². The van der Waals surface area contributed by atoms with E-state index in [0.29, 0.717) is 0 Å². The molecule has 0 heterocycles. The number of halogens is 4. The molecule has 0 radical (unpaired) electrons. The van der Waals surface area contributed by atoms with Crippen molar-refractivity contribution in [3.8, 4) is 0 Å². The lowest BCUT2D eigenvalue weighted by Gasteiger charge is -2.23. The van der Waals surface area contributed by atoms with E-state index in [4.69, 9.17) is 11.6 Å². The Morgan fingerprint density at radius 1 is 1.30 bits per heavy atom. The quantitative estimate of drug-likeness (QED) is 0.881. The van der Waals surface area contributed by atoms with Crippen LogP contribution >= 0.6 is 11.6 Å². The van der Waals surface area contributed by atoms with Gasteiger partial charge in [0.05, 0.1) is 16.3 Å². The molecule has 0 aliphatic rings. The Hall–Kier alpha value is -1.76. The smallest absolute Gasteiger partial charge is 0.354 e. The van der Waals surface area contributed by atoms with E-state index in [1.54, 1.807) is 13.8 Å². The van der Waals surface area contributed by atoms with Crippen LogP contribution in [0.15, 0.2) is 18.2 Å². The minimum Gasteiger partial charge on any atom is -0.354 e. The summed E-state index contributed by atoms with van der Waals surface area (Å²) in [6.45, 7) is 4.71. The zero-order valence-electron chi connectivity index (χ0n) is 13.0. The second-order valence-electron chi connectivity index (χ2n) is 5.31. The molecule has 1 aromatic carbocycles. The van der Waals surface area contributed by atoms with Crippen LogP contribution in [0, 0.1) is 0 Å². The third-order valence-corrected chi connectivity index (χ3v) is 3.28. The van der Waals surface area contributed by atoms with Crippen LogP contribution in [0.3, 0.4) is 0 Å². The van der Waals surface area contributed by atoms with Crippen LogP contribution in [-0.2, 0) is 15.8 Å². The lowest BCUT2D eigenvalue weighted by atomic mass is 10.1. The van der Waals surface area contributed by atoms with Crippen molar-refractivity contribution < 1.29 is 22.8 Å². The van der Waals surface area contributed by atoms with Gasteiger partial charge in [0.1, 0.15) is 0 Å². The van der Waals surface area contributed by atoms with Gasteiger partial charge in [-0.15, -0.1) is 0 Å². The molecule has 1 aromatic rings. The molecule has 4 nitrogen and oxygen atoms in total. The van der Waals surface area contributed by atoms with Crippen molar-refractivity contribution >= 4 is 29.1 Å². The topological polar surface area (TPSA) is 49.4 Å². The van der Waals surface area contributed by atoms with Gasteiger partial charge in [0.25, 0.3) is 0 Å². The first-order chi connectivity index (χ1) is 10.5. The van der Waals surface area contributed by atoms with Gasteiger partial charge >= 0.3 is 6.18 Å². The Morgan fingerprint density at radius 3 is 2.39 bits per heavy atom. The van der Waals surface area contributed by atoms with E-state index in [1.165, 1.54) is 6.92 Å². The van der Waals surface area contributed by atoms with E-state index >= 15 is 0 Å². The van der Waals surface area contributed by atoms with E-state index in [1.807, 2.05) is 0 Å². The first-order valence-electron chi connectivity index (χ1n) is 6.96. The summed E-state index contributed by atoms with van der Waals surface area (Å²) in [5.41, 5.74) is -0.971. The van der Waals surface area contributed by atoms with Crippen molar-refractivity contribution in [2.24, 2.45) is 0 Å². The molecule has 0 aromatic heterocycles. The van der Waals surface area contributed by atoms with Crippen molar-refractivity contribution in [2.75, 3.05) is 11.4 Å². The maximum atomic E-state index is 12.8. The fourth-order valence-corrected chi connectivity index (χ4v) is 2.17. The molecule has 0 spiro atoms. The van der Waals surface area contributed by atoms with E-state index in [0.717, 1.165) is 23.1 Å². The summed E-state index contributed by atoms with van der Waals surface area (Å²) in [6.07, 6.45) is -4.58. The maximum absolute atomic E-state index is 12.8. The second-order valence-corrected chi connectivity index (χ2v) is 5.71. The number of carbonyl (C=O) groups is 2. The SMILES string of the molecule is CC(=O)N(CCC(=O)NC(C)C)c1cc(C(F)(F)F)ccc1Cl. The number of hydrogen-bond donors (Lipinski definition) is 1. The molecule has 0 saturated heterocycles. The standard InChI is InChI=1S/C15H18ClF3N2O2/c1-9(2)20-14(23)6-7-21(10(3)22)13-8-11(15(17,18)19)4-5-12(13)16/h4-5,8-9H,6-7H2,1-3H3,(H,20,23). The highest BCUT2D eigenvalue weighted by Crippen LogP contribution is 2.35. The summed E-state index contributed by atoms with van der Waals surface area (Å²) in [5, 5.41) is 2.66. The molecule has 23 heavy (non-hydrogen) atoms. The molecular weight excluding hydrogens is 333 g/mol. The molecule has 8 heteroatoms. The summed E-state index contributed by atoms with van der Waals surface area (Å²) >= 11 is 5.92. The summed E-state index contributed by atoms with van der Waals surface area (Å²) in [6, 6.07) is 2.68. The molecule has 1 rings (SSSR count). The van der Waals surface area contributed by atoms with Crippen LogP contribution in [0.2, 0.25) is 5.02 Å². The fraction of sp³-hybridized carbons (Fsp3) is 0.467. The third-order valence-electron chi connectivity index (χ3n) is 2.96. The van der Waals surface area contributed by atoms with Crippen LogP contribution in [0.25, 0.3) is 0 Å². The first-order valence-corrected chi connectivity index (χ1v) is 7.34. The van der Waals surface area contributed by atoms with Crippen molar-refractivity contribution in [3.63, 3.8) is 0 Å². The van der Waals surface area contributed by atoms with Gasteiger partial charge in [-0.25, -0.2) is 0 Å². The number of rotatable bonds is 5. The molecule has 0 atom stereocenters. The van der Waals surface area contributed by atoms with E-state index in [2.05, 4.69) is 5.32 Å². The number of carbonyl (C=O) groups excluding carboxylic acids is 2. The van der Waals surface area contributed by atoms with Gasteiger partial charge < -0.3 is 10.2 Å².